The number of ether oxygens (including phenoxy) is 2. The molecule has 0 radical (unpaired) electrons. The van der Waals surface area contributed by atoms with Crippen LogP contribution in [-0.2, 0) is 19.7 Å². The summed E-state index contributed by atoms with van der Waals surface area (Å²) < 4.78 is 10.7. The van der Waals surface area contributed by atoms with Gasteiger partial charge in [0.25, 0.3) is 0 Å². The van der Waals surface area contributed by atoms with E-state index in [1.165, 1.54) is 7.11 Å². The molecular weight excluding hydrogens is 408 g/mol. The fourth-order valence-electron chi connectivity index (χ4n) is 3.94. The summed E-state index contributed by atoms with van der Waals surface area (Å²) in [6, 6.07) is 12.1. The minimum atomic E-state index is -1.21. The highest BCUT2D eigenvalue weighted by Gasteiger charge is 2.52. The van der Waals surface area contributed by atoms with Crippen LogP contribution < -0.4 is 4.90 Å². The van der Waals surface area contributed by atoms with E-state index in [1.54, 1.807) is 23.2 Å². The van der Waals surface area contributed by atoms with E-state index in [4.69, 9.17) is 9.47 Å². The van der Waals surface area contributed by atoms with E-state index in [0.29, 0.717) is 18.0 Å². The van der Waals surface area contributed by atoms with Gasteiger partial charge in [-0.05, 0) is 42.6 Å². The summed E-state index contributed by atoms with van der Waals surface area (Å²) in [5.74, 6) is 0.153. The predicted molar refractivity (Wildman–Crippen MR) is 124 cm³/mol. The topological polar surface area (TPSA) is 68.7 Å². The first-order chi connectivity index (χ1) is 14.6. The van der Waals surface area contributed by atoms with Gasteiger partial charge >= 0.3 is 5.97 Å². The van der Waals surface area contributed by atoms with Crippen molar-refractivity contribution in [2.75, 3.05) is 25.3 Å². The number of esters is 1. The first-order valence-corrected chi connectivity index (χ1v) is 14.3. The van der Waals surface area contributed by atoms with Gasteiger partial charge in [0.05, 0.1) is 18.1 Å². The molecule has 7 heteroatoms. The minimum Gasteiger partial charge on any atom is -0.465 e. The van der Waals surface area contributed by atoms with E-state index in [1.807, 2.05) is 38.1 Å². The van der Waals surface area contributed by atoms with Crippen molar-refractivity contribution in [3.63, 3.8) is 0 Å². The number of carbonyl (C=O) groups excluding carboxylic acids is 2. The van der Waals surface area contributed by atoms with Gasteiger partial charge in [-0.25, -0.2) is 9.78 Å². The summed E-state index contributed by atoms with van der Waals surface area (Å²) in [5.41, 5.74) is 1.58. The highest BCUT2D eigenvalue weighted by atomic mass is 28.3. The van der Waals surface area contributed by atoms with Crippen molar-refractivity contribution < 1.29 is 19.1 Å². The van der Waals surface area contributed by atoms with Crippen LogP contribution in [0.25, 0.3) is 0 Å². The largest absolute Gasteiger partial charge is 0.465 e. The third-order valence-corrected chi connectivity index (χ3v) is 7.91. The molecule has 2 atom stereocenters. The molecule has 3 rings (SSSR count). The Hall–Kier alpha value is -2.51. The second-order valence-corrected chi connectivity index (χ2v) is 15.1. The van der Waals surface area contributed by atoms with E-state index in [2.05, 4.69) is 24.6 Å². The molecule has 166 valence electrons. The number of pyridine rings is 1. The molecule has 0 aliphatic carbocycles. The third-order valence-electron chi connectivity index (χ3n) is 6.21. The molecule has 2 aromatic rings. The van der Waals surface area contributed by atoms with E-state index in [0.717, 1.165) is 17.2 Å². The normalized spacial score (nSPS) is 19.3. The first-order valence-electron chi connectivity index (χ1n) is 10.6. The molecule has 0 spiro atoms. The van der Waals surface area contributed by atoms with Crippen molar-refractivity contribution in [1.82, 2.24) is 4.98 Å². The Bertz CT molecular complexity index is 955. The van der Waals surface area contributed by atoms with Gasteiger partial charge in [-0.3, -0.25) is 9.69 Å². The third kappa shape index (κ3) is 4.57. The second kappa shape index (κ2) is 8.92. The van der Waals surface area contributed by atoms with Crippen LogP contribution in [0.4, 0.5) is 5.82 Å². The Morgan fingerprint density at radius 1 is 1.19 bits per heavy atom. The van der Waals surface area contributed by atoms with Gasteiger partial charge in [-0.2, -0.15) is 0 Å². The van der Waals surface area contributed by atoms with Crippen LogP contribution in [0.3, 0.4) is 0 Å². The van der Waals surface area contributed by atoms with Crippen molar-refractivity contribution >= 4 is 25.8 Å². The molecule has 1 aromatic heterocycles. The number of methoxy groups -OCH3 is 1. The summed E-state index contributed by atoms with van der Waals surface area (Å²) in [6.45, 7) is 11.8. The van der Waals surface area contributed by atoms with Gasteiger partial charge in [0.15, 0.2) is 0 Å². The SMILES string of the molecule is COC(=O)c1ccc([C@@H](C)[C@]2(C)C(=O)N(COCC[Si](C)(C)C)c3ncccc32)cc1. The molecule has 2 heterocycles. The molecule has 0 N–H and O–H groups in total. The van der Waals surface area contributed by atoms with Crippen LogP contribution in [0.1, 0.15) is 41.3 Å². The lowest BCUT2D eigenvalue weighted by atomic mass is 9.71. The van der Waals surface area contributed by atoms with Crippen molar-refractivity contribution in [3.8, 4) is 0 Å². The number of amides is 1. The molecule has 1 aliphatic heterocycles. The standard InChI is InChI=1S/C24H32N2O4Si/c1-17(18-9-11-19(12-10-18)22(27)29-3)24(2)20-8-7-13-25-21(20)26(23(24)28)16-30-14-15-31(4,5)6/h7-13,17H,14-16H2,1-6H3/t17-,24+/m1/s1. The number of aromatic nitrogens is 1. The number of benzene rings is 1. The lowest BCUT2D eigenvalue weighted by Crippen LogP contribution is -2.42. The van der Waals surface area contributed by atoms with Crippen LogP contribution in [0.15, 0.2) is 42.6 Å². The number of hydrogen-bond acceptors (Lipinski definition) is 5. The minimum absolute atomic E-state index is 0.0150. The summed E-state index contributed by atoms with van der Waals surface area (Å²) in [6.07, 6.45) is 1.71. The number of nitrogens with zero attached hydrogens (tertiary/aromatic N) is 2. The molecule has 0 unspecified atom stereocenters. The maximum Gasteiger partial charge on any atom is 0.337 e. The Balaban J connectivity index is 1.86. The number of fused-ring (bicyclic) bond motifs is 1. The quantitative estimate of drug-likeness (QED) is 0.341. The van der Waals surface area contributed by atoms with Gasteiger partial charge < -0.3 is 9.47 Å². The summed E-state index contributed by atoms with van der Waals surface area (Å²) in [7, 11) is 0.157. The average molecular weight is 441 g/mol. The summed E-state index contributed by atoms with van der Waals surface area (Å²) >= 11 is 0. The van der Waals surface area contributed by atoms with Crippen LogP contribution in [-0.4, -0.2) is 45.4 Å². The van der Waals surface area contributed by atoms with Crippen LogP contribution >= 0.6 is 0 Å². The lowest BCUT2D eigenvalue weighted by molar-refractivity contribution is -0.124. The molecule has 1 amide bonds. The number of rotatable bonds is 8. The molecular formula is C24H32N2O4Si. The van der Waals surface area contributed by atoms with Gasteiger partial charge in [0, 0.05) is 26.4 Å². The van der Waals surface area contributed by atoms with Crippen molar-refractivity contribution in [2.45, 2.75) is 50.9 Å². The van der Waals surface area contributed by atoms with Crippen molar-refractivity contribution in [2.24, 2.45) is 0 Å². The van der Waals surface area contributed by atoms with Crippen molar-refractivity contribution in [3.05, 3.63) is 59.3 Å². The van der Waals surface area contributed by atoms with E-state index in [-0.39, 0.29) is 24.5 Å². The zero-order valence-electron chi connectivity index (χ0n) is 19.3. The molecule has 31 heavy (non-hydrogen) atoms. The molecule has 6 nitrogen and oxygen atoms in total. The Kier molecular flexibility index (Phi) is 6.67. The smallest absolute Gasteiger partial charge is 0.337 e. The highest BCUT2D eigenvalue weighted by Crippen LogP contribution is 2.48. The van der Waals surface area contributed by atoms with Crippen LogP contribution in [0, 0.1) is 0 Å². The first kappa shape index (κ1) is 23.2. The number of anilines is 1. The van der Waals surface area contributed by atoms with Gasteiger partial charge in [0.1, 0.15) is 12.5 Å². The molecule has 0 fully saturated rings. The molecule has 0 saturated carbocycles. The summed E-state index contributed by atoms with van der Waals surface area (Å²) in [4.78, 5) is 31.6. The average Bonchev–Trinajstić information content (AvgIpc) is 2.97. The second-order valence-electron chi connectivity index (χ2n) is 9.49. The molecule has 1 aliphatic rings. The maximum atomic E-state index is 13.7. The monoisotopic (exact) mass is 440 g/mol. The summed E-state index contributed by atoms with van der Waals surface area (Å²) in [5, 5.41) is 0. The fourth-order valence-corrected chi connectivity index (χ4v) is 4.70. The Morgan fingerprint density at radius 2 is 1.87 bits per heavy atom. The van der Waals surface area contributed by atoms with Crippen molar-refractivity contribution in [1.29, 1.82) is 0 Å². The molecule has 1 aromatic carbocycles. The zero-order valence-corrected chi connectivity index (χ0v) is 20.3. The molecule has 0 bridgehead atoms. The zero-order chi connectivity index (χ0) is 22.8. The fraction of sp³-hybridized carbons (Fsp3) is 0.458. The Labute approximate surface area is 185 Å². The van der Waals surface area contributed by atoms with Crippen LogP contribution in [0.5, 0.6) is 0 Å². The van der Waals surface area contributed by atoms with Gasteiger partial charge in [-0.15, -0.1) is 0 Å². The van der Waals surface area contributed by atoms with E-state index < -0.39 is 13.5 Å². The van der Waals surface area contributed by atoms with Crippen LogP contribution in [0.2, 0.25) is 25.7 Å². The van der Waals surface area contributed by atoms with Gasteiger partial charge in [-0.1, -0.05) is 44.8 Å². The predicted octanol–water partition coefficient (Wildman–Crippen LogP) is 4.59. The lowest BCUT2D eigenvalue weighted by Gasteiger charge is -2.31. The van der Waals surface area contributed by atoms with E-state index in [9.17, 15) is 9.59 Å². The number of carbonyl (C=O) groups is 2. The van der Waals surface area contributed by atoms with E-state index >= 15 is 0 Å². The number of hydrogen-bond donors (Lipinski definition) is 0. The van der Waals surface area contributed by atoms with Gasteiger partial charge in [0.2, 0.25) is 5.91 Å². The highest BCUT2D eigenvalue weighted by molar-refractivity contribution is 6.76. The Morgan fingerprint density at radius 3 is 2.48 bits per heavy atom. The maximum absolute atomic E-state index is 13.7. The molecule has 0 saturated heterocycles.